The van der Waals surface area contributed by atoms with Crippen molar-refractivity contribution in [3.05, 3.63) is 76.1 Å². The van der Waals surface area contributed by atoms with Crippen LogP contribution < -0.4 is 10.7 Å². The predicted octanol–water partition coefficient (Wildman–Crippen LogP) is 1.97. The number of aromatic nitrogens is 2. The van der Waals surface area contributed by atoms with Gasteiger partial charge in [0.25, 0.3) is 0 Å². The van der Waals surface area contributed by atoms with Crippen molar-refractivity contribution in [3.8, 4) is 6.07 Å². The van der Waals surface area contributed by atoms with Gasteiger partial charge in [-0.2, -0.15) is 10.4 Å². The van der Waals surface area contributed by atoms with Gasteiger partial charge in [0.1, 0.15) is 0 Å². The number of hydrogen-bond acceptors (Lipinski definition) is 4. The Morgan fingerprint density at radius 1 is 1.16 bits per heavy atom. The quantitative estimate of drug-likeness (QED) is 0.774. The summed E-state index contributed by atoms with van der Waals surface area (Å²) in [6, 6.07) is 16.3. The summed E-state index contributed by atoms with van der Waals surface area (Å²) < 4.78 is 1.66. The first-order chi connectivity index (χ1) is 12.2. The number of amides is 1. The molecule has 0 aliphatic rings. The SMILES string of the molecule is N#Cc1ccc(CNC(=O)CCn2ncc(=O)c3ccccc32)cc1. The van der Waals surface area contributed by atoms with Gasteiger partial charge in [-0.15, -0.1) is 0 Å². The Morgan fingerprint density at radius 3 is 2.68 bits per heavy atom. The minimum atomic E-state index is -0.128. The van der Waals surface area contributed by atoms with Gasteiger partial charge in [0.2, 0.25) is 11.3 Å². The third kappa shape index (κ3) is 3.90. The van der Waals surface area contributed by atoms with E-state index in [1.54, 1.807) is 28.9 Å². The molecular formula is C19H16N4O2. The third-order valence-electron chi connectivity index (χ3n) is 3.89. The number of fused-ring (bicyclic) bond motifs is 1. The number of nitrogens with zero attached hydrogens (tertiary/aromatic N) is 3. The molecule has 1 heterocycles. The topological polar surface area (TPSA) is 87.8 Å². The number of benzene rings is 2. The zero-order valence-corrected chi connectivity index (χ0v) is 13.5. The first-order valence-corrected chi connectivity index (χ1v) is 7.88. The maximum atomic E-state index is 12.0. The highest BCUT2D eigenvalue weighted by Gasteiger charge is 2.06. The molecule has 0 saturated carbocycles. The molecule has 0 radical (unpaired) electrons. The Hall–Kier alpha value is -3.46. The highest BCUT2D eigenvalue weighted by atomic mass is 16.1. The molecule has 0 atom stereocenters. The monoisotopic (exact) mass is 332 g/mol. The second-order valence-corrected chi connectivity index (χ2v) is 5.58. The van der Waals surface area contributed by atoms with Crippen molar-refractivity contribution >= 4 is 16.8 Å². The average Bonchev–Trinajstić information content (AvgIpc) is 2.66. The lowest BCUT2D eigenvalue weighted by atomic mass is 10.1. The molecule has 3 aromatic rings. The standard InChI is InChI=1S/C19H16N4O2/c20-11-14-5-7-15(8-6-14)12-21-19(25)9-10-23-17-4-2-1-3-16(17)18(24)13-22-23/h1-8,13H,9-10,12H2,(H,21,25). The molecule has 0 bridgehead atoms. The Bertz CT molecular complexity index is 1000. The Labute approximate surface area is 144 Å². The molecule has 1 N–H and O–H groups in total. The first-order valence-electron chi connectivity index (χ1n) is 7.88. The van der Waals surface area contributed by atoms with Crippen LogP contribution in [0, 0.1) is 11.3 Å². The van der Waals surface area contributed by atoms with Gasteiger partial charge in [0, 0.05) is 18.4 Å². The maximum absolute atomic E-state index is 12.0. The van der Waals surface area contributed by atoms with Crippen molar-refractivity contribution in [2.75, 3.05) is 0 Å². The van der Waals surface area contributed by atoms with Crippen LogP contribution in [0.3, 0.4) is 0 Å². The van der Waals surface area contributed by atoms with Crippen LogP contribution in [0.5, 0.6) is 0 Å². The zero-order valence-electron chi connectivity index (χ0n) is 13.5. The number of nitrogens with one attached hydrogen (secondary N) is 1. The average molecular weight is 332 g/mol. The van der Waals surface area contributed by atoms with Crippen molar-refractivity contribution < 1.29 is 4.79 Å². The second kappa shape index (κ2) is 7.41. The van der Waals surface area contributed by atoms with Crippen LogP contribution in [0.2, 0.25) is 0 Å². The van der Waals surface area contributed by atoms with Gasteiger partial charge in [-0.25, -0.2) is 0 Å². The minimum Gasteiger partial charge on any atom is -0.352 e. The molecule has 2 aromatic carbocycles. The van der Waals surface area contributed by atoms with Crippen LogP contribution in [0.15, 0.2) is 59.5 Å². The number of nitriles is 1. The van der Waals surface area contributed by atoms with Crippen molar-refractivity contribution in [1.82, 2.24) is 15.1 Å². The van der Waals surface area contributed by atoms with Crippen molar-refractivity contribution in [1.29, 1.82) is 5.26 Å². The molecule has 1 amide bonds. The van der Waals surface area contributed by atoms with Gasteiger partial charge in [-0.1, -0.05) is 24.3 Å². The number of aryl methyl sites for hydroxylation is 1. The van der Waals surface area contributed by atoms with E-state index in [2.05, 4.69) is 16.5 Å². The number of hydrogen-bond donors (Lipinski definition) is 1. The van der Waals surface area contributed by atoms with E-state index in [9.17, 15) is 9.59 Å². The summed E-state index contributed by atoms with van der Waals surface area (Å²) >= 11 is 0. The minimum absolute atomic E-state index is 0.103. The fraction of sp³-hybridized carbons (Fsp3) is 0.158. The fourth-order valence-electron chi connectivity index (χ4n) is 2.53. The van der Waals surface area contributed by atoms with E-state index in [4.69, 9.17) is 5.26 Å². The third-order valence-corrected chi connectivity index (χ3v) is 3.89. The molecule has 1 aromatic heterocycles. The summed E-state index contributed by atoms with van der Waals surface area (Å²) in [6.07, 6.45) is 1.53. The van der Waals surface area contributed by atoms with Gasteiger partial charge in [-0.3, -0.25) is 14.3 Å². The Morgan fingerprint density at radius 2 is 1.92 bits per heavy atom. The molecule has 6 heteroatoms. The summed E-state index contributed by atoms with van der Waals surface area (Å²) in [5.41, 5.74) is 2.11. The van der Waals surface area contributed by atoms with Gasteiger partial charge >= 0.3 is 0 Å². The number of carbonyl (C=O) groups is 1. The number of rotatable bonds is 5. The highest BCUT2D eigenvalue weighted by Crippen LogP contribution is 2.08. The molecule has 124 valence electrons. The molecular weight excluding hydrogens is 316 g/mol. The molecule has 0 aliphatic carbocycles. The molecule has 3 rings (SSSR count). The lowest BCUT2D eigenvalue weighted by Crippen LogP contribution is -2.24. The van der Waals surface area contributed by atoms with Gasteiger partial charge in [-0.05, 0) is 29.8 Å². The Balaban J connectivity index is 1.60. The summed E-state index contributed by atoms with van der Waals surface area (Å²) in [5.74, 6) is -0.103. The van der Waals surface area contributed by atoms with Gasteiger partial charge < -0.3 is 5.32 Å². The molecule has 0 fully saturated rings. The second-order valence-electron chi connectivity index (χ2n) is 5.58. The van der Waals surface area contributed by atoms with E-state index in [1.165, 1.54) is 6.20 Å². The van der Waals surface area contributed by atoms with E-state index in [-0.39, 0.29) is 17.8 Å². The summed E-state index contributed by atoms with van der Waals surface area (Å²) in [4.78, 5) is 23.8. The number of carbonyl (C=O) groups excluding carboxylic acids is 1. The molecule has 6 nitrogen and oxygen atoms in total. The van der Waals surface area contributed by atoms with Crippen LogP contribution >= 0.6 is 0 Å². The molecule has 0 unspecified atom stereocenters. The van der Waals surface area contributed by atoms with E-state index >= 15 is 0 Å². The molecule has 25 heavy (non-hydrogen) atoms. The van der Waals surface area contributed by atoms with Crippen LogP contribution in [0.1, 0.15) is 17.5 Å². The van der Waals surface area contributed by atoms with E-state index in [0.717, 1.165) is 11.1 Å². The van der Waals surface area contributed by atoms with Gasteiger partial charge in [0.15, 0.2) is 0 Å². The van der Waals surface area contributed by atoms with Crippen molar-refractivity contribution in [2.45, 2.75) is 19.5 Å². The highest BCUT2D eigenvalue weighted by molar-refractivity contribution is 5.79. The first kappa shape index (κ1) is 16.4. The lowest BCUT2D eigenvalue weighted by molar-refractivity contribution is -0.121. The summed E-state index contributed by atoms with van der Waals surface area (Å²) in [6.45, 7) is 0.795. The van der Waals surface area contributed by atoms with Crippen molar-refractivity contribution in [3.63, 3.8) is 0 Å². The number of para-hydroxylation sites is 1. The zero-order chi connectivity index (χ0) is 17.6. The van der Waals surface area contributed by atoms with Crippen LogP contribution in [-0.2, 0) is 17.9 Å². The normalized spacial score (nSPS) is 10.4. The molecule has 0 aliphatic heterocycles. The molecule has 0 spiro atoms. The van der Waals surface area contributed by atoms with Crippen LogP contribution in [0.25, 0.3) is 10.9 Å². The van der Waals surface area contributed by atoms with E-state index in [0.29, 0.717) is 24.0 Å². The van der Waals surface area contributed by atoms with Crippen LogP contribution in [-0.4, -0.2) is 15.7 Å². The van der Waals surface area contributed by atoms with Gasteiger partial charge in [0.05, 0.1) is 29.9 Å². The largest absolute Gasteiger partial charge is 0.352 e. The fourth-order valence-corrected chi connectivity index (χ4v) is 2.53. The molecule has 0 saturated heterocycles. The smallest absolute Gasteiger partial charge is 0.222 e. The van der Waals surface area contributed by atoms with Crippen molar-refractivity contribution in [2.24, 2.45) is 0 Å². The summed E-state index contributed by atoms with van der Waals surface area (Å²) in [5, 5.41) is 16.3. The Kier molecular flexibility index (Phi) is 4.86. The predicted molar refractivity (Wildman–Crippen MR) is 93.6 cm³/mol. The summed E-state index contributed by atoms with van der Waals surface area (Å²) in [7, 11) is 0. The van der Waals surface area contributed by atoms with E-state index in [1.807, 2.05) is 24.3 Å². The lowest BCUT2D eigenvalue weighted by Gasteiger charge is -2.09. The van der Waals surface area contributed by atoms with E-state index < -0.39 is 0 Å². The maximum Gasteiger partial charge on any atom is 0.222 e. The van der Waals surface area contributed by atoms with Crippen LogP contribution in [0.4, 0.5) is 0 Å².